The number of nitrogens with zero attached hydrogens (tertiary/aromatic N) is 5. The first kappa shape index (κ1) is 28.0. The van der Waals surface area contributed by atoms with Crippen molar-refractivity contribution in [1.82, 2.24) is 24.5 Å². The van der Waals surface area contributed by atoms with Crippen molar-refractivity contribution in [3.8, 4) is 0 Å². The lowest BCUT2D eigenvalue weighted by atomic mass is 9.93. The third-order valence-electron chi connectivity index (χ3n) is 9.06. The highest BCUT2D eigenvalue weighted by atomic mass is 19.4. The lowest BCUT2D eigenvalue weighted by Crippen LogP contribution is -2.51. The highest BCUT2D eigenvalue weighted by molar-refractivity contribution is 5.95. The van der Waals surface area contributed by atoms with E-state index in [1.165, 1.54) is 17.0 Å². The predicted octanol–water partition coefficient (Wildman–Crippen LogP) is 5.90. The van der Waals surface area contributed by atoms with Gasteiger partial charge in [-0.05, 0) is 43.7 Å². The van der Waals surface area contributed by atoms with Crippen LogP contribution >= 0.6 is 0 Å². The van der Waals surface area contributed by atoms with Gasteiger partial charge in [0, 0.05) is 63.9 Å². The highest BCUT2D eigenvalue weighted by Gasteiger charge is 2.41. The van der Waals surface area contributed by atoms with Gasteiger partial charge in [0.15, 0.2) is 0 Å². The fourth-order valence-corrected chi connectivity index (χ4v) is 6.60. The zero-order valence-corrected chi connectivity index (χ0v) is 22.8. The number of carbonyl (C=O) groups excluding carboxylic acids is 2. The van der Waals surface area contributed by atoms with Crippen molar-refractivity contribution < 1.29 is 31.5 Å². The van der Waals surface area contributed by atoms with E-state index in [1.807, 2.05) is 4.68 Å². The van der Waals surface area contributed by atoms with E-state index in [1.54, 1.807) is 22.1 Å². The molecule has 41 heavy (non-hydrogen) atoms. The fraction of sp³-hybridized carbons (Fsp3) is 0.621. The molecule has 4 heterocycles. The van der Waals surface area contributed by atoms with E-state index in [4.69, 9.17) is 0 Å². The molecule has 0 N–H and O–H groups in total. The third kappa shape index (κ3) is 5.66. The molecule has 1 aromatic heterocycles. The molecule has 6 rings (SSSR count). The second-order valence-corrected chi connectivity index (χ2v) is 11.8. The number of benzene rings is 1. The second kappa shape index (κ2) is 10.6. The normalized spacial score (nSPS) is 23.7. The van der Waals surface area contributed by atoms with Gasteiger partial charge < -0.3 is 14.7 Å². The summed E-state index contributed by atoms with van der Waals surface area (Å²) >= 11 is 0. The van der Waals surface area contributed by atoms with E-state index < -0.39 is 17.7 Å². The van der Waals surface area contributed by atoms with Crippen molar-refractivity contribution in [2.75, 3.05) is 39.3 Å². The first-order chi connectivity index (χ1) is 19.5. The highest BCUT2D eigenvalue weighted by Crippen LogP contribution is 2.44. The van der Waals surface area contributed by atoms with Gasteiger partial charge in [0.25, 0.3) is 11.8 Å². The summed E-state index contributed by atoms with van der Waals surface area (Å²) in [5.74, 6) is -3.07. The second-order valence-electron chi connectivity index (χ2n) is 11.8. The smallest absolute Gasteiger partial charge is 0.338 e. The first-order valence-electron chi connectivity index (χ1n) is 14.5. The van der Waals surface area contributed by atoms with Gasteiger partial charge in [-0.15, -0.1) is 0 Å². The number of urea groups is 1. The van der Waals surface area contributed by atoms with Crippen LogP contribution in [0.15, 0.2) is 30.5 Å². The van der Waals surface area contributed by atoms with Gasteiger partial charge in [0.05, 0.1) is 29.1 Å². The van der Waals surface area contributed by atoms with Crippen LogP contribution in [-0.4, -0.2) is 81.6 Å². The summed E-state index contributed by atoms with van der Waals surface area (Å²) in [6, 6.07) is 5.40. The molecule has 3 amide bonds. The number of carbonyl (C=O) groups is 2. The molecule has 1 atom stereocenters. The van der Waals surface area contributed by atoms with Crippen molar-refractivity contribution in [2.45, 2.75) is 74.9 Å². The van der Waals surface area contributed by atoms with E-state index in [0.29, 0.717) is 44.5 Å². The Hall–Kier alpha value is -3.18. The van der Waals surface area contributed by atoms with Crippen molar-refractivity contribution in [3.63, 3.8) is 0 Å². The maximum Gasteiger partial charge on any atom is 0.416 e. The average Bonchev–Trinajstić information content (AvgIpc) is 3.49. The lowest BCUT2D eigenvalue weighted by molar-refractivity contribution is -0.138. The molecule has 0 radical (unpaired) electrons. The first-order valence-corrected chi connectivity index (χ1v) is 14.5. The minimum absolute atomic E-state index is 0.00637. The van der Waals surface area contributed by atoms with Gasteiger partial charge >= 0.3 is 12.2 Å². The van der Waals surface area contributed by atoms with Crippen molar-refractivity contribution in [1.29, 1.82) is 0 Å². The summed E-state index contributed by atoms with van der Waals surface area (Å²) in [5.41, 5.74) is 0.990. The van der Waals surface area contributed by atoms with Crippen LogP contribution in [0.2, 0.25) is 0 Å². The standard InChI is InChI=1S/C29H34F5N5O2/c30-28(31)10-15-37(16-11-28)27(41)36-13-8-21(9-14-36)39-25(19-5-6-19)23(17-35-39)26(40)38-12-7-20(18-38)22-3-1-2-4-24(22)29(32,33)34/h1-4,17,19-21H,5-16,18H2/t20-/m1/s1. The zero-order valence-electron chi connectivity index (χ0n) is 22.8. The Morgan fingerprint density at radius 2 is 1.46 bits per heavy atom. The Balaban J connectivity index is 1.12. The molecule has 12 heteroatoms. The van der Waals surface area contributed by atoms with Gasteiger partial charge in [-0.1, -0.05) is 18.2 Å². The van der Waals surface area contributed by atoms with Crippen LogP contribution in [-0.2, 0) is 6.18 Å². The number of alkyl halides is 5. The quantitative estimate of drug-likeness (QED) is 0.424. The topological polar surface area (TPSA) is 61.7 Å². The molecule has 7 nitrogen and oxygen atoms in total. The van der Waals surface area contributed by atoms with Crippen LogP contribution in [0.5, 0.6) is 0 Å². The van der Waals surface area contributed by atoms with Crippen LogP contribution in [0.1, 0.15) is 90.0 Å². The molecule has 0 bridgehead atoms. The van der Waals surface area contributed by atoms with Crippen molar-refractivity contribution in [2.24, 2.45) is 0 Å². The van der Waals surface area contributed by atoms with Crippen LogP contribution in [0.4, 0.5) is 26.7 Å². The molecular formula is C29H34F5N5O2. The minimum atomic E-state index is -4.45. The van der Waals surface area contributed by atoms with Gasteiger partial charge in [0.1, 0.15) is 0 Å². The fourth-order valence-electron chi connectivity index (χ4n) is 6.60. The molecule has 222 valence electrons. The Morgan fingerprint density at radius 3 is 2.12 bits per heavy atom. The summed E-state index contributed by atoms with van der Waals surface area (Å²) in [5, 5.41) is 4.62. The maximum absolute atomic E-state index is 13.7. The number of halogens is 5. The van der Waals surface area contributed by atoms with Gasteiger partial charge in [0.2, 0.25) is 0 Å². The maximum atomic E-state index is 13.7. The number of aromatic nitrogens is 2. The number of amides is 3. The molecule has 0 unspecified atom stereocenters. The molecule has 0 spiro atoms. The Labute approximate surface area is 235 Å². The van der Waals surface area contributed by atoms with Crippen LogP contribution in [0, 0.1) is 0 Å². The molecule has 1 aliphatic carbocycles. The number of rotatable bonds is 4. The lowest BCUT2D eigenvalue weighted by Gasteiger charge is -2.38. The summed E-state index contributed by atoms with van der Waals surface area (Å²) in [6.45, 7) is 1.69. The van der Waals surface area contributed by atoms with E-state index in [-0.39, 0.29) is 67.9 Å². The van der Waals surface area contributed by atoms with Gasteiger partial charge in [-0.2, -0.15) is 18.3 Å². The summed E-state index contributed by atoms with van der Waals surface area (Å²) < 4.78 is 69.8. The Morgan fingerprint density at radius 1 is 0.829 bits per heavy atom. The van der Waals surface area contributed by atoms with Crippen molar-refractivity contribution >= 4 is 11.9 Å². The molecule has 4 aliphatic rings. The number of piperidine rings is 2. The van der Waals surface area contributed by atoms with Gasteiger partial charge in [-0.25, -0.2) is 13.6 Å². The van der Waals surface area contributed by atoms with E-state index >= 15 is 0 Å². The number of hydrogen-bond donors (Lipinski definition) is 0. The molecule has 1 saturated carbocycles. The van der Waals surface area contributed by atoms with Crippen LogP contribution in [0.25, 0.3) is 0 Å². The largest absolute Gasteiger partial charge is 0.416 e. The van der Waals surface area contributed by atoms with Crippen LogP contribution in [0.3, 0.4) is 0 Å². The average molecular weight is 580 g/mol. The molecule has 4 fully saturated rings. The molecule has 2 aromatic rings. The molecule has 3 saturated heterocycles. The predicted molar refractivity (Wildman–Crippen MR) is 140 cm³/mol. The summed E-state index contributed by atoms with van der Waals surface area (Å²) in [7, 11) is 0. The third-order valence-corrected chi connectivity index (χ3v) is 9.06. The van der Waals surface area contributed by atoms with E-state index in [2.05, 4.69) is 5.10 Å². The SMILES string of the molecule is O=C(c1cnn(C2CCN(C(=O)N3CCC(F)(F)CC3)CC2)c1C1CC1)N1CC[C@@H](c2ccccc2C(F)(F)F)C1. The summed E-state index contributed by atoms with van der Waals surface area (Å²) in [6.07, 6.45) is 0.181. The number of hydrogen-bond acceptors (Lipinski definition) is 3. The van der Waals surface area contributed by atoms with Crippen LogP contribution < -0.4 is 0 Å². The zero-order chi connectivity index (χ0) is 28.9. The Kier molecular flexibility index (Phi) is 7.22. The molecule has 3 aliphatic heterocycles. The number of likely N-dealkylation sites (tertiary alicyclic amines) is 3. The van der Waals surface area contributed by atoms with E-state index in [0.717, 1.165) is 24.6 Å². The van der Waals surface area contributed by atoms with Crippen molar-refractivity contribution in [3.05, 3.63) is 52.8 Å². The van der Waals surface area contributed by atoms with Gasteiger partial charge in [-0.3, -0.25) is 9.48 Å². The Bertz CT molecular complexity index is 1290. The summed E-state index contributed by atoms with van der Waals surface area (Å²) in [4.78, 5) is 31.4. The van der Waals surface area contributed by atoms with E-state index in [9.17, 15) is 31.5 Å². The molecule has 1 aromatic carbocycles. The minimum Gasteiger partial charge on any atom is -0.338 e. The monoisotopic (exact) mass is 579 g/mol. The molecular weight excluding hydrogens is 545 g/mol.